The Morgan fingerprint density at radius 2 is 1.72 bits per heavy atom. The highest BCUT2D eigenvalue weighted by Gasteiger charge is 2.25. The number of carbonyl (C=O) groups excluding carboxylic acids is 1. The Morgan fingerprint density at radius 1 is 1.00 bits per heavy atom. The molecular formula is C21H20N6OS. The number of rotatable bonds is 3. The van der Waals surface area contributed by atoms with Crippen molar-refractivity contribution in [3.8, 4) is 5.69 Å². The standard InChI is InChI=1S/C21H20N6OS/c1-15-17-14-18(29-20(17)27(24-15)16-6-3-2-4-7-16)19(28)25-10-12-26(13-11-25)21-22-8-5-9-23-21/h2-9,14H,10-13H2,1H3. The topological polar surface area (TPSA) is 67.2 Å². The first-order valence-corrected chi connectivity index (χ1v) is 10.4. The maximum Gasteiger partial charge on any atom is 0.264 e. The van der Waals surface area contributed by atoms with Gasteiger partial charge in [0.15, 0.2) is 0 Å². The first-order chi connectivity index (χ1) is 14.2. The summed E-state index contributed by atoms with van der Waals surface area (Å²) in [6.07, 6.45) is 3.49. The van der Waals surface area contributed by atoms with Crippen molar-refractivity contribution in [1.82, 2.24) is 24.6 Å². The number of aryl methyl sites for hydroxylation is 1. The summed E-state index contributed by atoms with van der Waals surface area (Å²) < 4.78 is 1.93. The molecule has 1 amide bonds. The number of hydrogen-bond acceptors (Lipinski definition) is 6. The van der Waals surface area contributed by atoms with Gasteiger partial charge in [0.05, 0.1) is 16.3 Å². The zero-order valence-electron chi connectivity index (χ0n) is 16.0. The van der Waals surface area contributed by atoms with Gasteiger partial charge in [-0.05, 0) is 31.2 Å². The van der Waals surface area contributed by atoms with E-state index in [0.717, 1.165) is 45.5 Å². The summed E-state index contributed by atoms with van der Waals surface area (Å²) in [6.45, 7) is 4.78. The second kappa shape index (κ2) is 7.29. The molecule has 4 aromatic rings. The van der Waals surface area contributed by atoms with Crippen molar-refractivity contribution in [2.24, 2.45) is 0 Å². The van der Waals surface area contributed by atoms with Crippen LogP contribution in [0.15, 0.2) is 54.9 Å². The number of carbonyl (C=O) groups is 1. The number of nitrogens with zero attached hydrogens (tertiary/aromatic N) is 6. The van der Waals surface area contributed by atoms with E-state index in [-0.39, 0.29) is 5.91 Å². The summed E-state index contributed by atoms with van der Waals surface area (Å²) in [7, 11) is 0. The maximum atomic E-state index is 13.1. The summed E-state index contributed by atoms with van der Waals surface area (Å²) in [4.78, 5) is 27.5. The predicted octanol–water partition coefficient (Wildman–Crippen LogP) is 3.15. The van der Waals surface area contributed by atoms with Crippen molar-refractivity contribution in [1.29, 1.82) is 0 Å². The van der Waals surface area contributed by atoms with Crippen molar-refractivity contribution >= 4 is 33.4 Å². The van der Waals surface area contributed by atoms with Crippen LogP contribution in [-0.4, -0.2) is 56.7 Å². The Labute approximate surface area is 172 Å². The fraction of sp³-hybridized carbons (Fsp3) is 0.238. The molecule has 0 N–H and O–H groups in total. The van der Waals surface area contributed by atoms with E-state index in [9.17, 15) is 4.79 Å². The van der Waals surface area contributed by atoms with Crippen LogP contribution in [0.3, 0.4) is 0 Å². The van der Waals surface area contributed by atoms with E-state index in [1.54, 1.807) is 12.4 Å². The van der Waals surface area contributed by atoms with Crippen LogP contribution < -0.4 is 4.90 Å². The first-order valence-electron chi connectivity index (χ1n) is 9.56. The Hall–Kier alpha value is -3.26. The molecule has 146 valence electrons. The van der Waals surface area contributed by atoms with E-state index < -0.39 is 0 Å². The Balaban J connectivity index is 1.37. The number of para-hydroxylation sites is 1. The lowest BCUT2D eigenvalue weighted by molar-refractivity contribution is 0.0751. The molecule has 8 heteroatoms. The van der Waals surface area contributed by atoms with Crippen molar-refractivity contribution < 1.29 is 4.79 Å². The van der Waals surface area contributed by atoms with Crippen LogP contribution >= 0.6 is 11.3 Å². The minimum Gasteiger partial charge on any atom is -0.337 e. The zero-order valence-corrected chi connectivity index (χ0v) is 16.8. The molecule has 0 unspecified atom stereocenters. The van der Waals surface area contributed by atoms with Gasteiger partial charge in [-0.3, -0.25) is 4.79 Å². The third kappa shape index (κ3) is 3.25. The fourth-order valence-corrected chi connectivity index (χ4v) is 4.77. The minimum atomic E-state index is 0.0823. The molecule has 0 aliphatic carbocycles. The van der Waals surface area contributed by atoms with Crippen molar-refractivity contribution in [3.63, 3.8) is 0 Å². The molecule has 29 heavy (non-hydrogen) atoms. The molecule has 1 aliphatic heterocycles. The highest BCUT2D eigenvalue weighted by Crippen LogP contribution is 2.31. The van der Waals surface area contributed by atoms with Gasteiger partial charge in [0.2, 0.25) is 5.95 Å². The third-order valence-corrected chi connectivity index (χ3v) is 6.26. The number of amides is 1. The number of thiophene rings is 1. The minimum absolute atomic E-state index is 0.0823. The van der Waals surface area contributed by atoms with E-state index in [4.69, 9.17) is 0 Å². The van der Waals surface area contributed by atoms with Crippen LogP contribution in [0.25, 0.3) is 15.9 Å². The molecule has 5 rings (SSSR count). The highest BCUT2D eigenvalue weighted by atomic mass is 32.1. The molecule has 3 aromatic heterocycles. The summed E-state index contributed by atoms with van der Waals surface area (Å²) >= 11 is 1.51. The number of benzene rings is 1. The van der Waals surface area contributed by atoms with Gasteiger partial charge in [0.1, 0.15) is 4.83 Å². The van der Waals surface area contributed by atoms with E-state index >= 15 is 0 Å². The van der Waals surface area contributed by atoms with E-state index in [1.807, 2.05) is 59.0 Å². The fourth-order valence-electron chi connectivity index (χ4n) is 3.62. The Bertz CT molecular complexity index is 1150. The van der Waals surface area contributed by atoms with Crippen LogP contribution in [0, 0.1) is 6.92 Å². The van der Waals surface area contributed by atoms with Crippen LogP contribution in [0.5, 0.6) is 0 Å². The van der Waals surface area contributed by atoms with Gasteiger partial charge < -0.3 is 9.80 Å². The number of fused-ring (bicyclic) bond motifs is 1. The lowest BCUT2D eigenvalue weighted by atomic mass is 10.2. The predicted molar refractivity (Wildman–Crippen MR) is 114 cm³/mol. The Morgan fingerprint density at radius 3 is 2.45 bits per heavy atom. The lowest BCUT2D eigenvalue weighted by Crippen LogP contribution is -2.49. The monoisotopic (exact) mass is 404 g/mol. The Kier molecular flexibility index (Phi) is 4.48. The number of anilines is 1. The average molecular weight is 404 g/mol. The van der Waals surface area contributed by atoms with Gasteiger partial charge in [0, 0.05) is 44.0 Å². The second-order valence-electron chi connectivity index (χ2n) is 6.99. The quantitative estimate of drug-likeness (QED) is 0.525. The first kappa shape index (κ1) is 17.8. The van der Waals surface area contributed by atoms with Crippen LogP contribution in [0.4, 0.5) is 5.95 Å². The van der Waals surface area contributed by atoms with Gasteiger partial charge in [-0.15, -0.1) is 11.3 Å². The number of hydrogen-bond donors (Lipinski definition) is 0. The normalized spacial score (nSPS) is 14.5. The van der Waals surface area contributed by atoms with Crippen LogP contribution in [-0.2, 0) is 0 Å². The molecule has 4 heterocycles. The van der Waals surface area contributed by atoms with Gasteiger partial charge in [0.25, 0.3) is 5.91 Å². The molecule has 1 saturated heterocycles. The summed E-state index contributed by atoms with van der Waals surface area (Å²) in [5.74, 6) is 0.805. The molecule has 1 fully saturated rings. The molecule has 0 spiro atoms. The molecule has 0 radical (unpaired) electrons. The van der Waals surface area contributed by atoms with Crippen molar-refractivity contribution in [2.75, 3.05) is 31.1 Å². The summed E-state index contributed by atoms with van der Waals surface area (Å²) in [5.41, 5.74) is 1.94. The summed E-state index contributed by atoms with van der Waals surface area (Å²) in [6, 6.07) is 13.8. The lowest BCUT2D eigenvalue weighted by Gasteiger charge is -2.34. The van der Waals surface area contributed by atoms with Gasteiger partial charge in [-0.25, -0.2) is 14.6 Å². The van der Waals surface area contributed by atoms with Gasteiger partial charge >= 0.3 is 0 Å². The SMILES string of the molecule is Cc1nn(-c2ccccc2)c2sc(C(=O)N3CCN(c4ncccn4)CC3)cc12. The molecule has 1 aliphatic rings. The smallest absolute Gasteiger partial charge is 0.264 e. The zero-order chi connectivity index (χ0) is 19.8. The second-order valence-corrected chi connectivity index (χ2v) is 8.02. The van der Waals surface area contributed by atoms with E-state index in [1.165, 1.54) is 11.3 Å². The van der Waals surface area contributed by atoms with E-state index in [0.29, 0.717) is 13.1 Å². The van der Waals surface area contributed by atoms with Gasteiger partial charge in [-0.2, -0.15) is 5.10 Å². The molecule has 0 bridgehead atoms. The largest absolute Gasteiger partial charge is 0.337 e. The van der Waals surface area contributed by atoms with E-state index in [2.05, 4.69) is 20.0 Å². The van der Waals surface area contributed by atoms with Crippen LogP contribution in [0.1, 0.15) is 15.4 Å². The maximum absolute atomic E-state index is 13.1. The molecule has 1 aromatic carbocycles. The highest BCUT2D eigenvalue weighted by molar-refractivity contribution is 7.20. The number of piperazine rings is 1. The third-order valence-electron chi connectivity index (χ3n) is 5.16. The molecule has 0 saturated carbocycles. The van der Waals surface area contributed by atoms with Crippen molar-refractivity contribution in [2.45, 2.75) is 6.92 Å². The molecule has 7 nitrogen and oxygen atoms in total. The van der Waals surface area contributed by atoms with Crippen LogP contribution in [0.2, 0.25) is 0 Å². The summed E-state index contributed by atoms with van der Waals surface area (Å²) in [5, 5.41) is 5.70. The number of aromatic nitrogens is 4. The van der Waals surface area contributed by atoms with Gasteiger partial charge in [-0.1, -0.05) is 18.2 Å². The van der Waals surface area contributed by atoms with Crippen molar-refractivity contribution in [3.05, 3.63) is 65.4 Å². The average Bonchev–Trinajstić information content (AvgIpc) is 3.35. The molecule has 0 atom stereocenters. The molecular weight excluding hydrogens is 384 g/mol.